The number of hydrazone groups is 1. The van der Waals surface area contributed by atoms with Gasteiger partial charge in [0.05, 0.1) is 16.3 Å². The summed E-state index contributed by atoms with van der Waals surface area (Å²) < 4.78 is 5.50. The van der Waals surface area contributed by atoms with Crippen LogP contribution in [-0.2, 0) is 9.59 Å². The normalized spacial score (nSPS) is 11.7. The molecule has 1 atom stereocenters. The number of carbonyl (C=O) groups excluding carboxylic acids is 3. The summed E-state index contributed by atoms with van der Waals surface area (Å²) in [4.78, 5) is 37.2. The second-order valence-electron chi connectivity index (χ2n) is 8.33. The van der Waals surface area contributed by atoms with Crippen molar-refractivity contribution in [1.29, 1.82) is 0 Å². The van der Waals surface area contributed by atoms with Crippen LogP contribution < -0.4 is 20.8 Å². The van der Waals surface area contributed by atoms with Gasteiger partial charge in [0.2, 0.25) is 0 Å². The summed E-state index contributed by atoms with van der Waals surface area (Å²) in [7, 11) is 0. The van der Waals surface area contributed by atoms with Gasteiger partial charge in [0.15, 0.2) is 6.61 Å². The Bertz CT molecular complexity index is 1270. The van der Waals surface area contributed by atoms with Crippen LogP contribution in [0, 0.1) is 5.92 Å². The van der Waals surface area contributed by atoms with E-state index in [0.717, 1.165) is 0 Å². The van der Waals surface area contributed by atoms with E-state index in [4.69, 9.17) is 27.9 Å². The molecule has 10 heteroatoms. The van der Waals surface area contributed by atoms with Crippen molar-refractivity contribution >= 4 is 52.8 Å². The van der Waals surface area contributed by atoms with Gasteiger partial charge in [-0.15, -0.1) is 0 Å². The van der Waals surface area contributed by atoms with E-state index in [-0.39, 0.29) is 29.0 Å². The first-order valence-corrected chi connectivity index (χ1v) is 12.1. The topological polar surface area (TPSA) is 109 Å². The first-order chi connectivity index (χ1) is 17.7. The second kappa shape index (κ2) is 13.4. The Labute approximate surface area is 225 Å². The van der Waals surface area contributed by atoms with Crippen LogP contribution in [0.15, 0.2) is 77.9 Å². The highest BCUT2D eigenvalue weighted by atomic mass is 35.5. The number of nitrogens with zero attached hydrogens (tertiary/aromatic N) is 1. The monoisotopic (exact) mass is 540 g/mol. The molecule has 3 rings (SSSR count). The molecule has 0 heterocycles. The van der Waals surface area contributed by atoms with E-state index in [0.29, 0.717) is 22.0 Å². The van der Waals surface area contributed by atoms with Gasteiger partial charge >= 0.3 is 0 Å². The van der Waals surface area contributed by atoms with Gasteiger partial charge < -0.3 is 15.4 Å². The highest BCUT2D eigenvalue weighted by Gasteiger charge is 2.24. The molecule has 0 aliphatic heterocycles. The molecule has 3 aromatic rings. The van der Waals surface area contributed by atoms with Gasteiger partial charge in [-0.1, -0.05) is 55.2 Å². The molecule has 0 aliphatic rings. The van der Waals surface area contributed by atoms with Gasteiger partial charge in [-0.3, -0.25) is 14.4 Å². The molecular weight excluding hydrogens is 515 g/mol. The van der Waals surface area contributed by atoms with Crippen molar-refractivity contribution in [2.45, 2.75) is 19.9 Å². The van der Waals surface area contributed by atoms with Crippen molar-refractivity contribution in [2.75, 3.05) is 11.9 Å². The molecule has 0 aromatic heterocycles. The van der Waals surface area contributed by atoms with Crippen LogP contribution in [-0.4, -0.2) is 36.6 Å². The Morgan fingerprint density at radius 1 is 0.946 bits per heavy atom. The van der Waals surface area contributed by atoms with Crippen LogP contribution in [0.4, 0.5) is 5.69 Å². The minimum atomic E-state index is -0.822. The predicted molar refractivity (Wildman–Crippen MR) is 145 cm³/mol. The van der Waals surface area contributed by atoms with E-state index in [1.54, 1.807) is 36.4 Å². The fourth-order valence-corrected chi connectivity index (χ4v) is 3.45. The molecule has 0 saturated carbocycles. The van der Waals surface area contributed by atoms with Gasteiger partial charge in [0.25, 0.3) is 17.7 Å². The number of ether oxygens (including phenoxy) is 1. The molecule has 0 fully saturated rings. The SMILES string of the molecule is CC(C)C(NC(=O)c1ccc(Cl)c(Cl)c1)C(=O)N/N=C\c1ccc(OCC(=O)Nc2ccccc2)cc1. The molecule has 3 amide bonds. The van der Waals surface area contributed by atoms with Crippen LogP contribution >= 0.6 is 23.2 Å². The molecule has 0 radical (unpaired) electrons. The number of para-hydroxylation sites is 1. The van der Waals surface area contributed by atoms with Gasteiger partial charge in [-0.25, -0.2) is 5.43 Å². The van der Waals surface area contributed by atoms with E-state index < -0.39 is 17.9 Å². The predicted octanol–water partition coefficient (Wildman–Crippen LogP) is 4.92. The smallest absolute Gasteiger partial charge is 0.262 e. The van der Waals surface area contributed by atoms with Crippen molar-refractivity contribution in [2.24, 2.45) is 11.0 Å². The Balaban J connectivity index is 1.49. The van der Waals surface area contributed by atoms with E-state index in [1.165, 1.54) is 24.4 Å². The fourth-order valence-electron chi connectivity index (χ4n) is 3.15. The standard InChI is InChI=1S/C27H26Cl2N4O4/c1-17(2)25(32-26(35)19-10-13-22(28)23(29)14-19)27(36)33-30-15-18-8-11-21(12-9-18)37-16-24(34)31-20-6-4-3-5-7-20/h3-15,17,25H,16H2,1-2H3,(H,31,34)(H,32,35)(H,33,36)/b30-15-. The third kappa shape index (κ3) is 8.63. The molecule has 0 aliphatic carbocycles. The Kier molecular flexibility index (Phi) is 10.1. The Morgan fingerprint density at radius 3 is 2.30 bits per heavy atom. The van der Waals surface area contributed by atoms with Crippen molar-refractivity contribution in [1.82, 2.24) is 10.7 Å². The Hall–Kier alpha value is -3.88. The van der Waals surface area contributed by atoms with E-state index in [2.05, 4.69) is 21.2 Å². The summed E-state index contributed by atoms with van der Waals surface area (Å²) >= 11 is 11.9. The van der Waals surface area contributed by atoms with E-state index in [9.17, 15) is 14.4 Å². The lowest BCUT2D eigenvalue weighted by molar-refractivity contribution is -0.124. The summed E-state index contributed by atoms with van der Waals surface area (Å²) in [5.74, 6) is -0.884. The molecule has 0 bridgehead atoms. The quantitative estimate of drug-likeness (QED) is 0.250. The van der Waals surface area contributed by atoms with E-state index >= 15 is 0 Å². The van der Waals surface area contributed by atoms with Crippen molar-refractivity contribution < 1.29 is 19.1 Å². The third-order valence-electron chi connectivity index (χ3n) is 5.11. The van der Waals surface area contributed by atoms with Crippen molar-refractivity contribution in [3.63, 3.8) is 0 Å². The minimum Gasteiger partial charge on any atom is -0.484 e. The molecule has 37 heavy (non-hydrogen) atoms. The zero-order valence-electron chi connectivity index (χ0n) is 20.2. The zero-order chi connectivity index (χ0) is 26.8. The fraction of sp³-hybridized carbons (Fsp3) is 0.185. The van der Waals surface area contributed by atoms with E-state index in [1.807, 2.05) is 32.0 Å². The molecule has 1 unspecified atom stereocenters. The van der Waals surface area contributed by atoms with Gasteiger partial charge in [-0.05, 0) is 66.1 Å². The number of benzene rings is 3. The lowest BCUT2D eigenvalue weighted by Crippen LogP contribution is -2.48. The van der Waals surface area contributed by atoms with Crippen LogP contribution in [0.3, 0.4) is 0 Å². The van der Waals surface area contributed by atoms with Crippen molar-refractivity contribution in [3.05, 3.63) is 94.0 Å². The Morgan fingerprint density at radius 2 is 1.65 bits per heavy atom. The first kappa shape index (κ1) is 27.7. The van der Waals surface area contributed by atoms with Gasteiger partial charge in [-0.2, -0.15) is 5.10 Å². The summed E-state index contributed by atoms with van der Waals surface area (Å²) in [5.41, 5.74) is 4.13. The third-order valence-corrected chi connectivity index (χ3v) is 5.85. The number of carbonyl (C=O) groups is 3. The molecule has 3 N–H and O–H groups in total. The van der Waals surface area contributed by atoms with Crippen LogP contribution in [0.1, 0.15) is 29.8 Å². The molecule has 8 nitrogen and oxygen atoms in total. The van der Waals surface area contributed by atoms with Crippen LogP contribution in [0.2, 0.25) is 10.0 Å². The lowest BCUT2D eigenvalue weighted by Gasteiger charge is -2.20. The second-order valence-corrected chi connectivity index (χ2v) is 9.14. The summed E-state index contributed by atoms with van der Waals surface area (Å²) in [6, 6.07) is 19.6. The molecular formula is C27H26Cl2N4O4. The first-order valence-electron chi connectivity index (χ1n) is 11.4. The number of hydrogen-bond acceptors (Lipinski definition) is 5. The van der Waals surface area contributed by atoms with Crippen molar-refractivity contribution in [3.8, 4) is 5.75 Å². The van der Waals surface area contributed by atoms with Crippen LogP contribution in [0.25, 0.3) is 0 Å². The van der Waals surface area contributed by atoms with Gasteiger partial charge in [0, 0.05) is 11.3 Å². The number of amides is 3. The number of hydrogen-bond donors (Lipinski definition) is 3. The highest BCUT2D eigenvalue weighted by Crippen LogP contribution is 2.22. The lowest BCUT2D eigenvalue weighted by atomic mass is 10.0. The molecule has 192 valence electrons. The molecule has 0 saturated heterocycles. The maximum atomic E-state index is 12.7. The molecule has 0 spiro atoms. The number of rotatable bonds is 10. The van der Waals surface area contributed by atoms with Gasteiger partial charge in [0.1, 0.15) is 11.8 Å². The summed E-state index contributed by atoms with van der Waals surface area (Å²) in [6.07, 6.45) is 1.46. The maximum absolute atomic E-state index is 12.7. The molecule has 3 aromatic carbocycles. The number of anilines is 1. The average Bonchev–Trinajstić information content (AvgIpc) is 2.88. The largest absolute Gasteiger partial charge is 0.484 e. The average molecular weight is 541 g/mol. The minimum absolute atomic E-state index is 0.136. The zero-order valence-corrected chi connectivity index (χ0v) is 21.7. The summed E-state index contributed by atoms with van der Waals surface area (Å²) in [6.45, 7) is 3.48. The highest BCUT2D eigenvalue weighted by molar-refractivity contribution is 6.42. The number of halogens is 2. The number of nitrogens with one attached hydrogen (secondary N) is 3. The summed E-state index contributed by atoms with van der Waals surface area (Å²) in [5, 5.41) is 10.0. The maximum Gasteiger partial charge on any atom is 0.262 e. The van der Waals surface area contributed by atoms with Crippen LogP contribution in [0.5, 0.6) is 5.75 Å².